The van der Waals surface area contributed by atoms with Crippen molar-refractivity contribution in [2.45, 2.75) is 31.8 Å². The first-order valence-corrected chi connectivity index (χ1v) is 7.16. The normalized spacial score (nSPS) is 22.1. The van der Waals surface area contributed by atoms with E-state index in [-0.39, 0.29) is 18.0 Å². The molecule has 0 aliphatic heterocycles. The summed E-state index contributed by atoms with van der Waals surface area (Å²) in [5, 5.41) is 17.2. The Bertz CT molecular complexity index is 586. The lowest BCUT2D eigenvalue weighted by molar-refractivity contribution is 0.0762. The monoisotopic (exact) mass is 289 g/mol. The number of nitrogens with zero attached hydrogens (tertiary/aromatic N) is 5. The molecule has 4 N–H and O–H groups in total. The Morgan fingerprint density at radius 2 is 2.14 bits per heavy atom. The number of hydrogen-bond acceptors (Lipinski definition) is 7. The Kier molecular flexibility index (Phi) is 3.96. The summed E-state index contributed by atoms with van der Waals surface area (Å²) in [6.45, 7) is 0.628. The molecule has 8 nitrogen and oxygen atoms in total. The average molecular weight is 289 g/mol. The molecule has 1 fully saturated rings. The smallest absolute Gasteiger partial charge is 0.257 e. The number of aliphatic hydroxyl groups is 1. The second-order valence-electron chi connectivity index (χ2n) is 5.26. The van der Waals surface area contributed by atoms with Crippen LogP contribution in [0, 0.1) is 5.92 Å². The number of nitrogens with one attached hydrogen (secondary N) is 1. The van der Waals surface area contributed by atoms with E-state index in [1.807, 2.05) is 0 Å². The summed E-state index contributed by atoms with van der Waals surface area (Å²) in [4.78, 5) is 12.4. The van der Waals surface area contributed by atoms with Gasteiger partial charge in [0.15, 0.2) is 0 Å². The third-order valence-electron chi connectivity index (χ3n) is 3.74. The zero-order chi connectivity index (χ0) is 14.7. The van der Waals surface area contributed by atoms with Gasteiger partial charge in [0.2, 0.25) is 11.9 Å². The minimum absolute atomic E-state index is 0.141. The summed E-state index contributed by atoms with van der Waals surface area (Å²) in [5.41, 5.74) is 5.71. The zero-order valence-corrected chi connectivity index (χ0v) is 11.7. The van der Waals surface area contributed by atoms with Crippen molar-refractivity contribution in [3.8, 4) is 5.95 Å². The molecule has 3 rings (SSSR count). The molecule has 0 radical (unpaired) electrons. The molecule has 21 heavy (non-hydrogen) atoms. The molecule has 1 saturated carbocycles. The van der Waals surface area contributed by atoms with Crippen LogP contribution in [-0.4, -0.2) is 42.5 Å². The van der Waals surface area contributed by atoms with Crippen LogP contribution in [-0.2, 0) is 0 Å². The molecule has 2 aromatic rings. The highest BCUT2D eigenvalue weighted by Gasteiger charge is 2.23. The van der Waals surface area contributed by atoms with E-state index in [0.717, 1.165) is 25.7 Å². The van der Waals surface area contributed by atoms with E-state index >= 15 is 0 Å². The van der Waals surface area contributed by atoms with Gasteiger partial charge in [0.1, 0.15) is 0 Å². The highest BCUT2D eigenvalue weighted by molar-refractivity contribution is 5.34. The summed E-state index contributed by atoms with van der Waals surface area (Å²) in [5.74, 6) is 1.15. The molecule has 0 spiro atoms. The number of rotatable bonds is 4. The van der Waals surface area contributed by atoms with Crippen LogP contribution < -0.4 is 11.1 Å². The summed E-state index contributed by atoms with van der Waals surface area (Å²) >= 11 is 0. The van der Waals surface area contributed by atoms with Crippen LogP contribution in [0.25, 0.3) is 5.95 Å². The fourth-order valence-corrected chi connectivity index (χ4v) is 2.60. The molecular formula is C13H19N7O. The van der Waals surface area contributed by atoms with E-state index in [4.69, 9.17) is 5.73 Å². The molecule has 1 aliphatic carbocycles. The van der Waals surface area contributed by atoms with Crippen molar-refractivity contribution in [3.63, 3.8) is 0 Å². The molecule has 2 unspecified atom stereocenters. The van der Waals surface area contributed by atoms with Crippen LogP contribution in [0.2, 0.25) is 0 Å². The van der Waals surface area contributed by atoms with Crippen molar-refractivity contribution in [1.29, 1.82) is 0 Å². The first-order valence-electron chi connectivity index (χ1n) is 7.16. The van der Waals surface area contributed by atoms with E-state index in [9.17, 15) is 5.11 Å². The van der Waals surface area contributed by atoms with Gasteiger partial charge >= 0.3 is 0 Å². The van der Waals surface area contributed by atoms with Gasteiger partial charge in [0.25, 0.3) is 5.95 Å². The highest BCUT2D eigenvalue weighted by atomic mass is 16.3. The Morgan fingerprint density at radius 1 is 1.29 bits per heavy atom. The highest BCUT2D eigenvalue weighted by Crippen LogP contribution is 2.24. The summed E-state index contributed by atoms with van der Waals surface area (Å²) in [6.07, 6.45) is 7.26. The molecular weight excluding hydrogens is 270 g/mol. The van der Waals surface area contributed by atoms with E-state index in [0.29, 0.717) is 18.4 Å². The van der Waals surface area contributed by atoms with Gasteiger partial charge < -0.3 is 16.2 Å². The Morgan fingerprint density at radius 3 is 2.90 bits per heavy atom. The van der Waals surface area contributed by atoms with Crippen LogP contribution >= 0.6 is 0 Å². The maximum atomic E-state index is 9.97. The lowest BCUT2D eigenvalue weighted by Gasteiger charge is -2.27. The summed E-state index contributed by atoms with van der Waals surface area (Å²) < 4.78 is 1.53. The van der Waals surface area contributed by atoms with Crippen molar-refractivity contribution in [1.82, 2.24) is 24.7 Å². The zero-order valence-electron chi connectivity index (χ0n) is 11.7. The minimum Gasteiger partial charge on any atom is -0.393 e. The van der Waals surface area contributed by atoms with Gasteiger partial charge in [-0.1, -0.05) is 12.8 Å². The topological polar surface area (TPSA) is 115 Å². The number of nitrogens with two attached hydrogens (primary N) is 1. The van der Waals surface area contributed by atoms with Crippen molar-refractivity contribution in [2.75, 3.05) is 17.6 Å². The molecule has 2 atom stereocenters. The van der Waals surface area contributed by atoms with E-state index in [2.05, 4.69) is 25.4 Å². The number of nitrogen functional groups attached to an aromatic ring is 1. The molecule has 8 heteroatoms. The van der Waals surface area contributed by atoms with Crippen LogP contribution in [0.5, 0.6) is 0 Å². The molecule has 112 valence electrons. The maximum absolute atomic E-state index is 9.97. The van der Waals surface area contributed by atoms with Gasteiger partial charge in [-0.15, -0.1) is 0 Å². The average Bonchev–Trinajstić information content (AvgIpc) is 3.00. The first-order chi connectivity index (χ1) is 10.2. The molecule has 0 saturated heterocycles. The lowest BCUT2D eigenvalue weighted by Crippen LogP contribution is -2.30. The predicted molar refractivity (Wildman–Crippen MR) is 77.8 cm³/mol. The number of aliphatic hydroxyl groups excluding tert-OH is 1. The Balaban J connectivity index is 1.70. The minimum atomic E-state index is -0.254. The van der Waals surface area contributed by atoms with E-state index in [1.165, 1.54) is 4.68 Å². The van der Waals surface area contributed by atoms with Crippen molar-refractivity contribution in [3.05, 3.63) is 18.5 Å². The van der Waals surface area contributed by atoms with Crippen LogP contribution in [0.3, 0.4) is 0 Å². The van der Waals surface area contributed by atoms with Crippen LogP contribution in [0.1, 0.15) is 25.7 Å². The predicted octanol–water partition coefficient (Wildman–Crippen LogP) is 0.602. The quantitative estimate of drug-likeness (QED) is 0.755. The van der Waals surface area contributed by atoms with Gasteiger partial charge in [-0.05, 0) is 18.9 Å². The second kappa shape index (κ2) is 6.04. The molecule has 0 bridgehead atoms. The number of hydrogen-bond donors (Lipinski definition) is 3. The molecule has 0 amide bonds. The third kappa shape index (κ3) is 3.27. The fraction of sp³-hybridized carbons (Fsp3) is 0.538. The Hall–Kier alpha value is -2.22. The van der Waals surface area contributed by atoms with Crippen LogP contribution in [0.4, 0.5) is 11.9 Å². The maximum Gasteiger partial charge on any atom is 0.257 e. The van der Waals surface area contributed by atoms with Crippen molar-refractivity contribution < 1.29 is 5.11 Å². The number of aromatic nitrogens is 5. The van der Waals surface area contributed by atoms with Gasteiger partial charge in [-0.2, -0.15) is 20.1 Å². The number of anilines is 2. The summed E-state index contributed by atoms with van der Waals surface area (Å²) in [6, 6.07) is 1.78. The Labute approximate surface area is 122 Å². The van der Waals surface area contributed by atoms with Gasteiger partial charge in [0.05, 0.1) is 6.10 Å². The standard InChI is InChI=1S/C13H19N7O/c14-11-17-12(15-8-9-4-1-2-5-10(9)21)19-13(18-11)20-7-3-6-16-20/h3,6-7,9-10,21H,1-2,4-5,8H2,(H3,14,15,17,18,19). The first kappa shape index (κ1) is 13.7. The molecule has 2 aromatic heterocycles. The lowest BCUT2D eigenvalue weighted by atomic mass is 9.86. The van der Waals surface area contributed by atoms with Gasteiger partial charge in [0, 0.05) is 24.9 Å². The largest absolute Gasteiger partial charge is 0.393 e. The van der Waals surface area contributed by atoms with E-state index < -0.39 is 0 Å². The van der Waals surface area contributed by atoms with Gasteiger partial charge in [-0.25, -0.2) is 4.68 Å². The molecule has 0 aromatic carbocycles. The molecule has 2 heterocycles. The fourth-order valence-electron chi connectivity index (χ4n) is 2.60. The SMILES string of the molecule is Nc1nc(NCC2CCCCC2O)nc(-n2cccn2)n1. The van der Waals surface area contributed by atoms with Crippen molar-refractivity contribution in [2.24, 2.45) is 5.92 Å². The summed E-state index contributed by atoms with van der Waals surface area (Å²) in [7, 11) is 0. The van der Waals surface area contributed by atoms with Crippen molar-refractivity contribution >= 4 is 11.9 Å². The second-order valence-corrected chi connectivity index (χ2v) is 5.26. The van der Waals surface area contributed by atoms with E-state index in [1.54, 1.807) is 18.5 Å². The van der Waals surface area contributed by atoms with Gasteiger partial charge in [-0.3, -0.25) is 0 Å². The molecule has 1 aliphatic rings. The third-order valence-corrected chi connectivity index (χ3v) is 3.74. The van der Waals surface area contributed by atoms with Crippen LogP contribution in [0.15, 0.2) is 18.5 Å².